The maximum absolute atomic E-state index is 11.5. The summed E-state index contributed by atoms with van der Waals surface area (Å²) in [4.78, 5) is 18.3. The van der Waals surface area contributed by atoms with E-state index in [1.54, 1.807) is 4.68 Å². The lowest BCUT2D eigenvalue weighted by molar-refractivity contribution is 0.0688. The van der Waals surface area contributed by atoms with Crippen LogP contribution < -0.4 is 4.90 Å². The number of nitrogens with zero attached hydrogens (tertiary/aromatic N) is 4. The number of carboxylic acid groups (broad SMARTS) is 1. The smallest absolute Gasteiger partial charge is 0.356 e. The fraction of sp³-hybridized carbons (Fsp3) is 0.471. The quantitative estimate of drug-likeness (QED) is 0.920. The molecule has 1 saturated carbocycles. The molecule has 7 heteroatoms. The van der Waals surface area contributed by atoms with Crippen LogP contribution in [0.3, 0.4) is 0 Å². The van der Waals surface area contributed by atoms with Crippen LogP contribution >= 0.6 is 0 Å². The average Bonchev–Trinajstić information content (AvgIpc) is 3.11. The summed E-state index contributed by atoms with van der Waals surface area (Å²) in [5.41, 5.74) is 3.22. The third kappa shape index (κ3) is 2.04. The normalized spacial score (nSPS) is 24.6. The second kappa shape index (κ2) is 5.04. The minimum absolute atomic E-state index is 0.191. The molecule has 124 valence electrons. The molecule has 0 spiro atoms. The highest BCUT2D eigenvalue weighted by Crippen LogP contribution is 2.57. The number of rotatable bonds is 3. The first-order chi connectivity index (χ1) is 11.7. The summed E-state index contributed by atoms with van der Waals surface area (Å²) in [6.45, 7) is 3.20. The molecule has 3 aliphatic rings. The molecule has 2 aromatic rings. The van der Waals surface area contributed by atoms with E-state index in [2.05, 4.69) is 15.0 Å². The summed E-state index contributed by atoms with van der Waals surface area (Å²) in [5.74, 6) is 0.816. The molecule has 0 radical (unpaired) electrons. The van der Waals surface area contributed by atoms with Gasteiger partial charge in [0, 0.05) is 24.6 Å². The van der Waals surface area contributed by atoms with E-state index in [-0.39, 0.29) is 5.69 Å². The molecule has 2 aliphatic carbocycles. The van der Waals surface area contributed by atoms with Gasteiger partial charge < -0.3 is 14.7 Å². The molecule has 2 atom stereocenters. The molecule has 1 saturated heterocycles. The van der Waals surface area contributed by atoms with E-state index in [0.717, 1.165) is 56.1 Å². The van der Waals surface area contributed by atoms with Crippen LogP contribution in [0.5, 0.6) is 0 Å². The third-order valence-electron chi connectivity index (χ3n) is 5.29. The summed E-state index contributed by atoms with van der Waals surface area (Å²) in [6, 6.07) is 3.96. The highest BCUT2D eigenvalue weighted by molar-refractivity contribution is 5.88. The van der Waals surface area contributed by atoms with Crippen molar-refractivity contribution in [3.63, 3.8) is 0 Å². The Balaban J connectivity index is 1.51. The first-order valence-electron chi connectivity index (χ1n) is 8.36. The molecule has 2 aromatic heterocycles. The Morgan fingerprint density at radius 2 is 2.12 bits per heavy atom. The first-order valence-corrected chi connectivity index (χ1v) is 8.36. The van der Waals surface area contributed by atoms with Gasteiger partial charge in [-0.25, -0.2) is 14.5 Å². The predicted molar refractivity (Wildman–Crippen MR) is 85.9 cm³/mol. The van der Waals surface area contributed by atoms with Gasteiger partial charge in [0.05, 0.1) is 30.8 Å². The molecular formula is C17H18N4O3. The minimum atomic E-state index is -0.948. The van der Waals surface area contributed by atoms with Gasteiger partial charge in [-0.05, 0) is 30.9 Å². The Kier molecular flexibility index (Phi) is 2.94. The molecule has 3 heterocycles. The number of carbonyl (C=O) groups is 1. The van der Waals surface area contributed by atoms with Crippen LogP contribution in [0.15, 0.2) is 18.3 Å². The van der Waals surface area contributed by atoms with Gasteiger partial charge in [0.1, 0.15) is 0 Å². The standard InChI is InChI=1S/C17H18N4O3/c22-17(23)15-13-8-10-7-12(10)16(13)21(19-15)14-2-1-11(9-18-14)20-3-5-24-6-4-20/h1-2,9-10,12H,3-8H2,(H,22,23)/t10-,12-/m0/s1. The Labute approximate surface area is 138 Å². The maximum atomic E-state index is 11.5. The largest absolute Gasteiger partial charge is 0.476 e. The van der Waals surface area contributed by atoms with E-state index in [9.17, 15) is 9.90 Å². The highest BCUT2D eigenvalue weighted by atomic mass is 16.5. The zero-order valence-electron chi connectivity index (χ0n) is 13.2. The van der Waals surface area contributed by atoms with Crippen LogP contribution in [-0.2, 0) is 11.2 Å². The van der Waals surface area contributed by atoms with Crippen molar-refractivity contribution in [2.45, 2.75) is 18.8 Å². The molecule has 1 N–H and O–H groups in total. The lowest BCUT2D eigenvalue weighted by Gasteiger charge is -2.28. The van der Waals surface area contributed by atoms with Crippen molar-refractivity contribution in [2.24, 2.45) is 5.92 Å². The number of anilines is 1. The first kappa shape index (κ1) is 14.0. The number of aromatic nitrogens is 3. The van der Waals surface area contributed by atoms with Gasteiger partial charge in [0.15, 0.2) is 11.5 Å². The Morgan fingerprint density at radius 1 is 1.29 bits per heavy atom. The molecule has 5 rings (SSSR count). The van der Waals surface area contributed by atoms with Gasteiger partial charge in [0.25, 0.3) is 0 Å². The lowest BCUT2D eigenvalue weighted by atomic mass is 10.1. The lowest BCUT2D eigenvalue weighted by Crippen LogP contribution is -2.36. The van der Waals surface area contributed by atoms with Crippen molar-refractivity contribution < 1.29 is 14.6 Å². The fourth-order valence-corrected chi connectivity index (χ4v) is 3.97. The molecular weight excluding hydrogens is 308 g/mol. The number of pyridine rings is 1. The van der Waals surface area contributed by atoms with Gasteiger partial charge in [-0.15, -0.1) is 0 Å². The number of ether oxygens (including phenoxy) is 1. The zero-order chi connectivity index (χ0) is 16.3. The van der Waals surface area contributed by atoms with E-state index >= 15 is 0 Å². The maximum Gasteiger partial charge on any atom is 0.356 e. The van der Waals surface area contributed by atoms with E-state index in [4.69, 9.17) is 4.74 Å². The van der Waals surface area contributed by atoms with E-state index in [1.165, 1.54) is 0 Å². The summed E-state index contributed by atoms with van der Waals surface area (Å²) in [7, 11) is 0. The van der Waals surface area contributed by atoms with E-state index < -0.39 is 5.97 Å². The highest BCUT2D eigenvalue weighted by Gasteiger charge is 2.50. The summed E-state index contributed by atoms with van der Waals surface area (Å²) >= 11 is 0. The number of fused-ring (bicyclic) bond motifs is 3. The number of hydrogen-bond acceptors (Lipinski definition) is 5. The monoisotopic (exact) mass is 326 g/mol. The van der Waals surface area contributed by atoms with Crippen molar-refractivity contribution >= 4 is 11.7 Å². The average molecular weight is 326 g/mol. The SMILES string of the molecule is O=C(O)c1nn(-c2ccc(N3CCOCC3)cn2)c2c1C[C@@H]1C[C@H]21. The van der Waals surface area contributed by atoms with E-state index in [1.807, 2.05) is 18.3 Å². The molecule has 2 fully saturated rings. The molecule has 7 nitrogen and oxygen atoms in total. The van der Waals surface area contributed by atoms with Crippen LogP contribution in [-0.4, -0.2) is 52.1 Å². The Morgan fingerprint density at radius 3 is 2.83 bits per heavy atom. The minimum Gasteiger partial charge on any atom is -0.476 e. The van der Waals surface area contributed by atoms with Crippen LogP contribution in [0, 0.1) is 5.92 Å². The van der Waals surface area contributed by atoms with Crippen molar-refractivity contribution in [2.75, 3.05) is 31.2 Å². The molecule has 0 unspecified atom stereocenters. The molecule has 0 aromatic carbocycles. The van der Waals surface area contributed by atoms with Crippen molar-refractivity contribution in [3.8, 4) is 5.82 Å². The van der Waals surface area contributed by atoms with Crippen LogP contribution in [0.4, 0.5) is 5.69 Å². The van der Waals surface area contributed by atoms with Crippen LogP contribution in [0.25, 0.3) is 5.82 Å². The van der Waals surface area contributed by atoms with E-state index in [0.29, 0.717) is 17.7 Å². The van der Waals surface area contributed by atoms with Crippen LogP contribution in [0.2, 0.25) is 0 Å². The number of aromatic carboxylic acids is 1. The van der Waals surface area contributed by atoms with Crippen molar-refractivity contribution in [3.05, 3.63) is 35.3 Å². The third-order valence-corrected chi connectivity index (χ3v) is 5.29. The molecule has 0 bridgehead atoms. The number of carboxylic acids is 1. The summed E-state index contributed by atoms with van der Waals surface area (Å²) in [5, 5.41) is 13.8. The molecule has 1 aliphatic heterocycles. The Bertz CT molecular complexity index is 808. The molecule has 0 amide bonds. The number of morpholine rings is 1. The van der Waals surface area contributed by atoms with Crippen LogP contribution in [0.1, 0.15) is 34.1 Å². The van der Waals surface area contributed by atoms with Gasteiger partial charge in [-0.3, -0.25) is 0 Å². The number of hydrogen-bond donors (Lipinski definition) is 1. The van der Waals surface area contributed by atoms with Gasteiger partial charge in [-0.1, -0.05) is 0 Å². The summed E-state index contributed by atoms with van der Waals surface area (Å²) in [6.07, 6.45) is 3.83. The second-order valence-corrected chi connectivity index (χ2v) is 6.71. The fourth-order valence-electron chi connectivity index (χ4n) is 3.97. The topological polar surface area (TPSA) is 80.5 Å². The zero-order valence-corrected chi connectivity index (χ0v) is 13.2. The van der Waals surface area contributed by atoms with Gasteiger partial charge in [-0.2, -0.15) is 5.10 Å². The Hall–Kier alpha value is -2.41. The predicted octanol–water partition coefficient (Wildman–Crippen LogP) is 1.46. The van der Waals surface area contributed by atoms with Gasteiger partial charge in [0.2, 0.25) is 0 Å². The van der Waals surface area contributed by atoms with Crippen molar-refractivity contribution in [1.29, 1.82) is 0 Å². The van der Waals surface area contributed by atoms with Crippen molar-refractivity contribution in [1.82, 2.24) is 14.8 Å². The second-order valence-electron chi connectivity index (χ2n) is 6.71. The summed E-state index contributed by atoms with van der Waals surface area (Å²) < 4.78 is 7.12. The molecule has 24 heavy (non-hydrogen) atoms. The van der Waals surface area contributed by atoms with Gasteiger partial charge >= 0.3 is 5.97 Å².